The van der Waals surface area contributed by atoms with E-state index in [0.717, 1.165) is 0 Å². The molecule has 2 rings (SSSR count). The average Bonchev–Trinajstić information content (AvgIpc) is 2.55. The van der Waals surface area contributed by atoms with Crippen LogP contribution in [0.15, 0.2) is 12.7 Å². The van der Waals surface area contributed by atoms with Gasteiger partial charge in [0, 0.05) is 25.0 Å². The molecule has 2 unspecified atom stereocenters. The topological polar surface area (TPSA) is 41.1 Å². The van der Waals surface area contributed by atoms with E-state index in [2.05, 4.69) is 17.2 Å². The van der Waals surface area contributed by atoms with Crippen LogP contribution in [-0.2, 0) is 4.79 Å². The van der Waals surface area contributed by atoms with E-state index in [1.165, 1.54) is 25.7 Å². The summed E-state index contributed by atoms with van der Waals surface area (Å²) in [6.07, 6.45) is 7.38. The Morgan fingerprint density at radius 3 is 2.67 bits per heavy atom. The first-order valence-electron chi connectivity index (χ1n) is 5.91. The van der Waals surface area contributed by atoms with Crippen molar-refractivity contribution in [2.45, 2.75) is 44.2 Å². The number of rotatable bonds is 4. The van der Waals surface area contributed by atoms with Crippen molar-refractivity contribution in [1.82, 2.24) is 10.6 Å². The molecular weight excluding hydrogens is 188 g/mol. The van der Waals surface area contributed by atoms with Crippen LogP contribution in [0.4, 0.5) is 0 Å². The van der Waals surface area contributed by atoms with Crippen LogP contribution in [0, 0.1) is 5.92 Å². The van der Waals surface area contributed by atoms with Gasteiger partial charge in [-0.2, -0.15) is 0 Å². The monoisotopic (exact) mass is 208 g/mol. The highest BCUT2D eigenvalue weighted by Crippen LogP contribution is 2.32. The van der Waals surface area contributed by atoms with Crippen LogP contribution in [0.25, 0.3) is 0 Å². The van der Waals surface area contributed by atoms with Gasteiger partial charge in [-0.25, -0.2) is 0 Å². The predicted molar refractivity (Wildman–Crippen MR) is 60.5 cm³/mol. The van der Waals surface area contributed by atoms with Gasteiger partial charge in [0.15, 0.2) is 0 Å². The van der Waals surface area contributed by atoms with Crippen molar-refractivity contribution >= 4 is 5.91 Å². The third-order valence-electron chi connectivity index (χ3n) is 3.49. The average molecular weight is 208 g/mol. The van der Waals surface area contributed by atoms with Crippen LogP contribution in [0.3, 0.4) is 0 Å². The Labute approximate surface area is 91.3 Å². The van der Waals surface area contributed by atoms with Gasteiger partial charge in [-0.15, -0.1) is 6.58 Å². The molecule has 2 N–H and O–H groups in total. The first-order valence-corrected chi connectivity index (χ1v) is 5.91. The Kier molecular flexibility index (Phi) is 3.41. The molecule has 0 aromatic heterocycles. The smallest absolute Gasteiger partial charge is 0.220 e. The van der Waals surface area contributed by atoms with Crippen LogP contribution in [0.5, 0.6) is 0 Å². The number of hydrogen-bond donors (Lipinski definition) is 2. The fourth-order valence-electron chi connectivity index (χ4n) is 2.86. The Hall–Kier alpha value is -0.830. The molecule has 2 aliphatic rings. The van der Waals surface area contributed by atoms with Gasteiger partial charge in [-0.05, 0) is 31.6 Å². The molecule has 2 atom stereocenters. The van der Waals surface area contributed by atoms with Gasteiger partial charge in [0.25, 0.3) is 0 Å². The minimum atomic E-state index is 0.182. The highest BCUT2D eigenvalue weighted by Gasteiger charge is 2.33. The molecule has 84 valence electrons. The second-order valence-electron chi connectivity index (χ2n) is 4.77. The molecule has 3 heteroatoms. The summed E-state index contributed by atoms with van der Waals surface area (Å²) < 4.78 is 0. The van der Waals surface area contributed by atoms with Crippen LogP contribution < -0.4 is 10.6 Å². The van der Waals surface area contributed by atoms with Crippen molar-refractivity contribution < 1.29 is 4.79 Å². The number of nitrogens with one attached hydrogen (secondary N) is 2. The molecule has 0 aromatic rings. The predicted octanol–water partition coefficient (Wildman–Crippen LogP) is 1.21. The van der Waals surface area contributed by atoms with Gasteiger partial charge >= 0.3 is 0 Å². The van der Waals surface area contributed by atoms with Crippen LogP contribution in [-0.4, -0.2) is 24.5 Å². The molecule has 2 heterocycles. The molecule has 3 nitrogen and oxygen atoms in total. The molecule has 15 heavy (non-hydrogen) atoms. The molecule has 1 amide bonds. The van der Waals surface area contributed by atoms with Gasteiger partial charge in [0.1, 0.15) is 0 Å². The van der Waals surface area contributed by atoms with E-state index in [-0.39, 0.29) is 5.91 Å². The van der Waals surface area contributed by atoms with Crippen LogP contribution >= 0.6 is 0 Å². The molecule has 2 saturated heterocycles. The zero-order chi connectivity index (χ0) is 10.7. The van der Waals surface area contributed by atoms with Gasteiger partial charge < -0.3 is 10.6 Å². The highest BCUT2D eigenvalue weighted by atomic mass is 16.1. The maximum Gasteiger partial charge on any atom is 0.220 e. The van der Waals surface area contributed by atoms with E-state index in [1.807, 2.05) is 0 Å². The first kappa shape index (κ1) is 10.7. The lowest BCUT2D eigenvalue weighted by molar-refractivity contribution is -0.122. The summed E-state index contributed by atoms with van der Waals surface area (Å²) >= 11 is 0. The van der Waals surface area contributed by atoms with E-state index in [4.69, 9.17) is 0 Å². The summed E-state index contributed by atoms with van der Waals surface area (Å²) in [5.41, 5.74) is 0. The summed E-state index contributed by atoms with van der Waals surface area (Å²) in [6.45, 7) is 4.18. The number of carbonyl (C=O) groups is 1. The Balaban J connectivity index is 1.75. The number of amides is 1. The highest BCUT2D eigenvalue weighted by molar-refractivity contribution is 5.76. The van der Waals surface area contributed by atoms with E-state index < -0.39 is 0 Å². The summed E-state index contributed by atoms with van der Waals surface area (Å²) in [4.78, 5) is 11.5. The summed E-state index contributed by atoms with van der Waals surface area (Å²) in [5, 5.41) is 6.44. The molecule has 0 radical (unpaired) electrons. The fraction of sp³-hybridized carbons (Fsp3) is 0.750. The normalized spacial score (nSPS) is 33.7. The van der Waals surface area contributed by atoms with Gasteiger partial charge in [0.2, 0.25) is 5.91 Å². The lowest BCUT2D eigenvalue weighted by Crippen LogP contribution is -2.39. The Morgan fingerprint density at radius 2 is 2.07 bits per heavy atom. The zero-order valence-corrected chi connectivity index (χ0v) is 9.17. The van der Waals surface area contributed by atoms with Crippen molar-refractivity contribution in [2.75, 3.05) is 6.54 Å². The number of fused-ring (bicyclic) bond motifs is 2. The molecule has 0 aromatic carbocycles. The first-order chi connectivity index (χ1) is 7.28. The lowest BCUT2D eigenvalue weighted by Gasteiger charge is -2.28. The van der Waals surface area contributed by atoms with E-state index in [0.29, 0.717) is 31.0 Å². The summed E-state index contributed by atoms with van der Waals surface area (Å²) in [7, 11) is 0. The van der Waals surface area contributed by atoms with E-state index >= 15 is 0 Å². The third kappa shape index (κ3) is 2.81. The fourth-order valence-corrected chi connectivity index (χ4v) is 2.86. The van der Waals surface area contributed by atoms with Crippen molar-refractivity contribution in [1.29, 1.82) is 0 Å². The van der Waals surface area contributed by atoms with Crippen molar-refractivity contribution in [3.05, 3.63) is 12.7 Å². The SMILES string of the molecule is C=CCNC(=O)CC1CC2CCC(C1)N2. The second kappa shape index (κ2) is 4.79. The zero-order valence-electron chi connectivity index (χ0n) is 9.17. The number of piperidine rings is 1. The number of carbonyl (C=O) groups excluding carboxylic acids is 1. The molecule has 2 aliphatic heterocycles. The van der Waals surface area contributed by atoms with Crippen molar-refractivity contribution in [3.8, 4) is 0 Å². The quantitative estimate of drug-likeness (QED) is 0.682. The summed E-state index contributed by atoms with van der Waals surface area (Å²) in [5.74, 6) is 0.773. The third-order valence-corrected chi connectivity index (χ3v) is 3.49. The molecular formula is C12H20N2O. The largest absolute Gasteiger partial charge is 0.353 e. The van der Waals surface area contributed by atoms with Crippen molar-refractivity contribution in [3.63, 3.8) is 0 Å². The minimum absolute atomic E-state index is 0.182. The molecule has 2 bridgehead atoms. The second-order valence-corrected chi connectivity index (χ2v) is 4.77. The molecule has 0 spiro atoms. The molecule has 0 saturated carbocycles. The molecule has 0 aliphatic carbocycles. The van der Waals surface area contributed by atoms with Crippen LogP contribution in [0.2, 0.25) is 0 Å². The standard InChI is InChI=1S/C12H20N2O/c1-2-5-13-12(15)8-9-6-10-3-4-11(7-9)14-10/h2,9-11,14H,1,3-8H2,(H,13,15). The van der Waals surface area contributed by atoms with Gasteiger partial charge in [0.05, 0.1) is 0 Å². The Bertz CT molecular complexity index is 240. The minimum Gasteiger partial charge on any atom is -0.353 e. The Morgan fingerprint density at radius 1 is 1.40 bits per heavy atom. The maximum absolute atomic E-state index is 11.5. The summed E-state index contributed by atoms with van der Waals surface area (Å²) in [6, 6.07) is 1.36. The van der Waals surface area contributed by atoms with E-state index in [1.54, 1.807) is 6.08 Å². The number of hydrogen-bond acceptors (Lipinski definition) is 2. The van der Waals surface area contributed by atoms with Gasteiger partial charge in [-0.1, -0.05) is 6.08 Å². The van der Waals surface area contributed by atoms with Gasteiger partial charge in [-0.3, -0.25) is 4.79 Å². The van der Waals surface area contributed by atoms with Crippen LogP contribution in [0.1, 0.15) is 32.1 Å². The lowest BCUT2D eigenvalue weighted by atomic mass is 9.89. The van der Waals surface area contributed by atoms with E-state index in [9.17, 15) is 4.79 Å². The molecule has 2 fully saturated rings. The maximum atomic E-state index is 11.5. The van der Waals surface area contributed by atoms with Crippen molar-refractivity contribution in [2.24, 2.45) is 5.92 Å².